The maximum atomic E-state index is 12.5. The molecule has 2 aromatic carbocycles. The Hall–Kier alpha value is -3.08. The summed E-state index contributed by atoms with van der Waals surface area (Å²) in [6, 6.07) is 14.2. The standard InChI is InChI=1S/C23H22O5/c1-26-18-10-7-15(8-11-18)20-13-17-9-12-19(14-21(17)28-23(20)25)27-22(24)16-5-3-2-4-6-16/h7-14,16H,2-6H2,1H3. The first-order valence-corrected chi connectivity index (χ1v) is 9.58. The monoisotopic (exact) mass is 378 g/mol. The van der Waals surface area contributed by atoms with E-state index in [1.807, 2.05) is 12.1 Å². The van der Waals surface area contributed by atoms with Gasteiger partial charge in [-0.1, -0.05) is 31.4 Å². The van der Waals surface area contributed by atoms with Crippen molar-refractivity contribution in [3.8, 4) is 22.6 Å². The van der Waals surface area contributed by atoms with Crippen LogP contribution in [0, 0.1) is 5.92 Å². The molecular formula is C23H22O5. The summed E-state index contributed by atoms with van der Waals surface area (Å²) in [5.41, 5.74) is 1.19. The molecule has 0 aliphatic heterocycles. The number of esters is 1. The van der Waals surface area contributed by atoms with Crippen LogP contribution in [0.4, 0.5) is 0 Å². The van der Waals surface area contributed by atoms with Crippen LogP contribution < -0.4 is 15.1 Å². The number of fused-ring (bicyclic) bond motifs is 1. The highest BCUT2D eigenvalue weighted by Gasteiger charge is 2.23. The third kappa shape index (κ3) is 3.79. The van der Waals surface area contributed by atoms with E-state index in [4.69, 9.17) is 13.9 Å². The van der Waals surface area contributed by atoms with Gasteiger partial charge in [-0.15, -0.1) is 0 Å². The largest absolute Gasteiger partial charge is 0.497 e. The molecule has 5 nitrogen and oxygen atoms in total. The zero-order valence-electron chi connectivity index (χ0n) is 15.8. The highest BCUT2D eigenvalue weighted by atomic mass is 16.5. The molecule has 3 aromatic rings. The number of hydrogen-bond donors (Lipinski definition) is 0. The van der Waals surface area contributed by atoms with Crippen molar-refractivity contribution < 1.29 is 18.7 Å². The molecule has 0 saturated heterocycles. The van der Waals surface area contributed by atoms with Gasteiger partial charge in [0.15, 0.2) is 0 Å². The number of carbonyl (C=O) groups is 1. The molecule has 28 heavy (non-hydrogen) atoms. The Balaban J connectivity index is 1.60. The Labute approximate surface area is 162 Å². The van der Waals surface area contributed by atoms with Crippen LogP contribution in [0.5, 0.6) is 11.5 Å². The fourth-order valence-electron chi connectivity index (χ4n) is 3.66. The summed E-state index contributed by atoms with van der Waals surface area (Å²) in [7, 11) is 1.60. The second-order valence-electron chi connectivity index (χ2n) is 7.13. The van der Waals surface area contributed by atoms with Crippen molar-refractivity contribution in [1.29, 1.82) is 0 Å². The van der Waals surface area contributed by atoms with E-state index < -0.39 is 5.63 Å². The van der Waals surface area contributed by atoms with Crippen molar-refractivity contribution in [2.75, 3.05) is 7.11 Å². The van der Waals surface area contributed by atoms with Gasteiger partial charge in [-0.2, -0.15) is 0 Å². The van der Waals surface area contributed by atoms with Crippen LogP contribution >= 0.6 is 0 Å². The summed E-state index contributed by atoms with van der Waals surface area (Å²) in [5.74, 6) is 0.895. The molecule has 1 saturated carbocycles. The first kappa shape index (κ1) is 18.3. The quantitative estimate of drug-likeness (QED) is 0.365. The Kier molecular flexibility index (Phi) is 5.15. The molecule has 0 atom stereocenters. The van der Waals surface area contributed by atoms with Gasteiger partial charge in [-0.05, 0) is 48.7 Å². The van der Waals surface area contributed by atoms with Gasteiger partial charge in [0.2, 0.25) is 0 Å². The molecule has 4 rings (SSSR count). The summed E-state index contributed by atoms with van der Waals surface area (Å²) in [4.78, 5) is 24.8. The van der Waals surface area contributed by atoms with Crippen molar-refractivity contribution in [2.45, 2.75) is 32.1 Å². The van der Waals surface area contributed by atoms with Crippen LogP contribution in [0.15, 0.2) is 57.7 Å². The zero-order valence-corrected chi connectivity index (χ0v) is 15.8. The van der Waals surface area contributed by atoms with Gasteiger partial charge in [-0.3, -0.25) is 4.79 Å². The SMILES string of the molecule is COc1ccc(-c2cc3ccc(OC(=O)C4CCCCC4)cc3oc2=O)cc1. The van der Waals surface area contributed by atoms with E-state index in [-0.39, 0.29) is 11.9 Å². The van der Waals surface area contributed by atoms with Crippen LogP contribution in [-0.2, 0) is 4.79 Å². The lowest BCUT2D eigenvalue weighted by molar-refractivity contribution is -0.139. The number of ether oxygens (including phenoxy) is 2. The molecular weight excluding hydrogens is 356 g/mol. The number of carbonyl (C=O) groups excluding carboxylic acids is 1. The van der Waals surface area contributed by atoms with Crippen molar-refractivity contribution in [3.05, 3.63) is 59.0 Å². The maximum Gasteiger partial charge on any atom is 0.344 e. The van der Waals surface area contributed by atoms with E-state index in [0.29, 0.717) is 16.9 Å². The van der Waals surface area contributed by atoms with Crippen LogP contribution in [0.2, 0.25) is 0 Å². The zero-order chi connectivity index (χ0) is 19.5. The average molecular weight is 378 g/mol. The molecule has 0 unspecified atom stereocenters. The van der Waals surface area contributed by atoms with Gasteiger partial charge in [-0.25, -0.2) is 4.79 Å². The summed E-state index contributed by atoms with van der Waals surface area (Å²) < 4.78 is 16.2. The van der Waals surface area contributed by atoms with Gasteiger partial charge in [0.1, 0.15) is 17.1 Å². The number of methoxy groups -OCH3 is 1. The molecule has 1 heterocycles. The lowest BCUT2D eigenvalue weighted by Gasteiger charge is -2.19. The van der Waals surface area contributed by atoms with Crippen LogP contribution in [-0.4, -0.2) is 13.1 Å². The maximum absolute atomic E-state index is 12.5. The smallest absolute Gasteiger partial charge is 0.344 e. The Morgan fingerprint density at radius 1 is 0.964 bits per heavy atom. The fraction of sp³-hybridized carbons (Fsp3) is 0.304. The van der Waals surface area contributed by atoms with E-state index in [1.54, 1.807) is 43.5 Å². The van der Waals surface area contributed by atoms with E-state index in [2.05, 4.69) is 0 Å². The van der Waals surface area contributed by atoms with E-state index in [9.17, 15) is 9.59 Å². The van der Waals surface area contributed by atoms with Crippen LogP contribution in [0.1, 0.15) is 32.1 Å². The lowest BCUT2D eigenvalue weighted by atomic mass is 9.89. The van der Waals surface area contributed by atoms with Gasteiger partial charge in [0.25, 0.3) is 0 Å². The predicted molar refractivity (Wildman–Crippen MR) is 107 cm³/mol. The summed E-state index contributed by atoms with van der Waals surface area (Å²) in [5, 5.41) is 0.767. The molecule has 0 spiro atoms. The van der Waals surface area contributed by atoms with Gasteiger partial charge in [0.05, 0.1) is 18.6 Å². The van der Waals surface area contributed by atoms with Gasteiger partial charge >= 0.3 is 11.6 Å². The minimum Gasteiger partial charge on any atom is -0.497 e. The fourth-order valence-corrected chi connectivity index (χ4v) is 3.66. The highest BCUT2D eigenvalue weighted by molar-refractivity contribution is 5.84. The van der Waals surface area contributed by atoms with Gasteiger partial charge in [0, 0.05) is 11.5 Å². The lowest BCUT2D eigenvalue weighted by Crippen LogP contribution is -2.22. The second-order valence-corrected chi connectivity index (χ2v) is 7.13. The van der Waals surface area contributed by atoms with Crippen molar-refractivity contribution in [2.24, 2.45) is 5.92 Å². The Morgan fingerprint density at radius 2 is 1.68 bits per heavy atom. The van der Waals surface area contributed by atoms with Crippen molar-refractivity contribution >= 4 is 16.9 Å². The first-order chi connectivity index (χ1) is 13.6. The molecule has 144 valence electrons. The average Bonchev–Trinajstić information content (AvgIpc) is 2.74. The second kappa shape index (κ2) is 7.89. The molecule has 1 aliphatic carbocycles. The van der Waals surface area contributed by atoms with Crippen LogP contribution in [0.3, 0.4) is 0 Å². The van der Waals surface area contributed by atoms with E-state index in [1.165, 1.54) is 6.42 Å². The topological polar surface area (TPSA) is 65.7 Å². The molecule has 0 bridgehead atoms. The van der Waals surface area contributed by atoms with Crippen molar-refractivity contribution in [3.63, 3.8) is 0 Å². The van der Waals surface area contributed by atoms with E-state index >= 15 is 0 Å². The van der Waals surface area contributed by atoms with Crippen LogP contribution in [0.25, 0.3) is 22.1 Å². The summed E-state index contributed by atoms with van der Waals surface area (Å²) in [6.07, 6.45) is 5.09. The number of benzene rings is 2. The van der Waals surface area contributed by atoms with Crippen molar-refractivity contribution in [1.82, 2.24) is 0 Å². The number of rotatable bonds is 4. The minimum absolute atomic E-state index is 0.0334. The first-order valence-electron chi connectivity index (χ1n) is 9.58. The summed E-state index contributed by atoms with van der Waals surface area (Å²) in [6.45, 7) is 0. The van der Waals surface area contributed by atoms with Gasteiger partial charge < -0.3 is 13.9 Å². The Bertz CT molecular complexity index is 1040. The molecule has 1 aliphatic rings. The highest BCUT2D eigenvalue weighted by Crippen LogP contribution is 2.28. The molecule has 1 aromatic heterocycles. The third-order valence-electron chi connectivity index (χ3n) is 5.27. The normalized spacial score (nSPS) is 14.8. The molecule has 0 N–H and O–H groups in total. The minimum atomic E-state index is -0.437. The molecule has 0 amide bonds. The predicted octanol–water partition coefficient (Wildman–Crippen LogP) is 4.95. The third-order valence-corrected chi connectivity index (χ3v) is 5.27. The Morgan fingerprint density at radius 3 is 2.39 bits per heavy atom. The number of hydrogen-bond acceptors (Lipinski definition) is 5. The van der Waals surface area contributed by atoms with E-state index in [0.717, 1.165) is 42.4 Å². The molecule has 5 heteroatoms. The molecule has 1 fully saturated rings. The summed E-state index contributed by atoms with van der Waals surface area (Å²) >= 11 is 0. The molecule has 0 radical (unpaired) electrons.